The molecule has 0 aromatic heterocycles. The Morgan fingerprint density at radius 1 is 0.694 bits per heavy atom. The number of carbonyl (C=O) groups is 4. The van der Waals surface area contributed by atoms with Crippen LogP contribution < -0.4 is 0 Å². The summed E-state index contributed by atoms with van der Waals surface area (Å²) in [6.45, 7) is 3.00. The van der Waals surface area contributed by atoms with Crippen LogP contribution in [0.15, 0.2) is 78.9 Å². The second-order valence-electron chi connectivity index (χ2n) is 9.80. The Hall–Kier alpha value is -4.06. The van der Waals surface area contributed by atoms with Crippen molar-refractivity contribution in [3.05, 3.63) is 107 Å². The molecule has 0 saturated carbocycles. The van der Waals surface area contributed by atoms with Crippen LogP contribution in [0.1, 0.15) is 58.3 Å². The molecule has 1 fully saturated rings. The minimum Gasteiger partial charge on any atom is -0.453 e. The third-order valence-electron chi connectivity index (χ3n) is 7.93. The van der Waals surface area contributed by atoms with Crippen LogP contribution in [0.4, 0.5) is 0 Å². The molecule has 3 aliphatic carbocycles. The molecule has 0 spiro atoms. The molecule has 2 bridgehead atoms. The topological polar surface area (TPSA) is 80.8 Å². The number of ether oxygens (including phenoxy) is 1. The van der Waals surface area contributed by atoms with Crippen LogP contribution in [0, 0.1) is 11.8 Å². The zero-order valence-corrected chi connectivity index (χ0v) is 20.0. The third-order valence-corrected chi connectivity index (χ3v) is 7.93. The fourth-order valence-corrected chi connectivity index (χ4v) is 6.35. The minimum absolute atomic E-state index is 0.240. The van der Waals surface area contributed by atoms with Crippen LogP contribution in [-0.2, 0) is 19.1 Å². The largest absolute Gasteiger partial charge is 0.453 e. The van der Waals surface area contributed by atoms with E-state index >= 15 is 0 Å². The molecule has 0 unspecified atom stereocenters. The molecule has 1 heterocycles. The van der Waals surface area contributed by atoms with Crippen molar-refractivity contribution in [2.24, 2.45) is 11.8 Å². The maximum Gasteiger partial charge on any atom is 0.329 e. The smallest absolute Gasteiger partial charge is 0.329 e. The molecule has 0 radical (unpaired) electrons. The first-order valence-electron chi connectivity index (χ1n) is 12.2. The number of imide groups is 1. The Bertz CT molecular complexity index is 1300. The molecule has 4 aliphatic rings. The van der Waals surface area contributed by atoms with Crippen molar-refractivity contribution in [3.8, 4) is 0 Å². The van der Waals surface area contributed by atoms with Gasteiger partial charge in [-0.3, -0.25) is 19.3 Å². The molecule has 1 aliphatic heterocycles. The maximum atomic E-state index is 13.8. The van der Waals surface area contributed by atoms with Gasteiger partial charge in [0.2, 0.25) is 17.6 Å². The summed E-state index contributed by atoms with van der Waals surface area (Å²) in [5, 5.41) is 0. The van der Waals surface area contributed by atoms with Gasteiger partial charge in [-0.25, -0.2) is 4.79 Å². The predicted octanol–water partition coefficient (Wildman–Crippen LogP) is 4.08. The number of esters is 1. The molecule has 36 heavy (non-hydrogen) atoms. The first-order valence-corrected chi connectivity index (χ1v) is 12.2. The van der Waals surface area contributed by atoms with Crippen molar-refractivity contribution in [1.29, 1.82) is 0 Å². The van der Waals surface area contributed by atoms with Crippen molar-refractivity contribution < 1.29 is 23.9 Å². The molecule has 1 saturated heterocycles. The maximum absolute atomic E-state index is 13.8. The highest BCUT2D eigenvalue weighted by Crippen LogP contribution is 2.61. The number of carbonyl (C=O) groups excluding carboxylic acids is 4. The summed E-state index contributed by atoms with van der Waals surface area (Å²) in [4.78, 5) is 54.4. The summed E-state index contributed by atoms with van der Waals surface area (Å²) in [6.07, 6.45) is -1.04. The van der Waals surface area contributed by atoms with Gasteiger partial charge in [-0.1, -0.05) is 78.9 Å². The van der Waals surface area contributed by atoms with Crippen LogP contribution in [0.25, 0.3) is 0 Å². The number of benzene rings is 3. The zero-order chi connectivity index (χ0) is 25.1. The predicted molar refractivity (Wildman–Crippen MR) is 131 cm³/mol. The molecule has 3 aromatic rings. The van der Waals surface area contributed by atoms with Crippen LogP contribution in [-0.4, -0.2) is 40.6 Å². The number of rotatable bonds is 5. The molecule has 7 rings (SSSR count). The molecular weight excluding hydrogens is 454 g/mol. The summed E-state index contributed by atoms with van der Waals surface area (Å²) in [5.74, 6) is -3.42. The zero-order valence-electron chi connectivity index (χ0n) is 20.0. The average molecular weight is 480 g/mol. The molecule has 180 valence electrons. The first kappa shape index (κ1) is 22.4. The number of Topliss-reactive ketones (excluding diaryl/α,β-unsaturated/α-hetero) is 1. The Morgan fingerprint density at radius 2 is 1.11 bits per heavy atom. The Kier molecular flexibility index (Phi) is 5.14. The lowest BCUT2D eigenvalue weighted by atomic mass is 9.55. The number of nitrogens with zero attached hydrogens (tertiary/aromatic N) is 1. The number of hydrogen-bond donors (Lipinski definition) is 0. The van der Waals surface area contributed by atoms with Gasteiger partial charge in [0.1, 0.15) is 6.04 Å². The number of ketones is 1. The van der Waals surface area contributed by atoms with Gasteiger partial charge in [0.15, 0.2) is 6.10 Å². The molecule has 4 atom stereocenters. The summed E-state index contributed by atoms with van der Waals surface area (Å²) in [6, 6.07) is 23.4. The van der Waals surface area contributed by atoms with Crippen molar-refractivity contribution in [2.75, 3.05) is 0 Å². The summed E-state index contributed by atoms with van der Waals surface area (Å²) in [7, 11) is 0. The van der Waals surface area contributed by atoms with Gasteiger partial charge >= 0.3 is 5.97 Å². The van der Waals surface area contributed by atoms with Crippen LogP contribution >= 0.6 is 0 Å². The van der Waals surface area contributed by atoms with Crippen LogP contribution in [0.3, 0.4) is 0 Å². The second-order valence-corrected chi connectivity index (χ2v) is 9.80. The van der Waals surface area contributed by atoms with Crippen LogP contribution in [0.5, 0.6) is 0 Å². The average Bonchev–Trinajstić information content (AvgIpc) is 3.18. The van der Waals surface area contributed by atoms with Gasteiger partial charge in [-0.15, -0.1) is 0 Å². The lowest BCUT2D eigenvalue weighted by Crippen LogP contribution is -2.45. The highest BCUT2D eigenvalue weighted by molar-refractivity contribution is 6.10. The van der Waals surface area contributed by atoms with Gasteiger partial charge < -0.3 is 4.74 Å². The number of hydrogen-bond acceptors (Lipinski definition) is 5. The first-order chi connectivity index (χ1) is 17.4. The van der Waals surface area contributed by atoms with Gasteiger partial charge in [0.05, 0.1) is 11.8 Å². The molecular formula is C30H25NO5. The molecule has 3 aromatic carbocycles. The molecule has 6 heteroatoms. The standard InChI is InChI=1S/C30H25NO5/c1-16(30(35)36-17(2)27(32)18-10-4-3-5-11-18)31-28(33)25-23-19-12-6-7-13-20(19)24(26(25)29(31)34)22-15-9-8-14-21(22)23/h3-17,23-26H,1-2H3/t16-,17+,23?,24?,25-,26+/m1/s1. The van der Waals surface area contributed by atoms with E-state index < -0.39 is 30.0 Å². The molecule has 2 amide bonds. The van der Waals surface area contributed by atoms with E-state index in [1.807, 2.05) is 48.5 Å². The van der Waals surface area contributed by atoms with Crippen molar-refractivity contribution in [2.45, 2.75) is 37.8 Å². The lowest BCUT2D eigenvalue weighted by molar-refractivity contribution is -0.159. The van der Waals surface area contributed by atoms with Crippen molar-refractivity contribution in [1.82, 2.24) is 4.90 Å². The molecule has 0 N–H and O–H groups in total. The SMILES string of the molecule is C[C@H](OC(=O)[C@@H](C)N1C(=O)[C@@H]2C3c4ccccc4C(c4ccccc43)[C@@H]2C1=O)C(=O)c1ccccc1. The monoisotopic (exact) mass is 479 g/mol. The number of amides is 2. The quantitative estimate of drug-likeness (QED) is 0.313. The summed E-state index contributed by atoms with van der Waals surface area (Å²) < 4.78 is 5.45. The Balaban J connectivity index is 1.30. The fraction of sp³-hybridized carbons (Fsp3) is 0.267. The van der Waals surface area contributed by atoms with E-state index in [1.165, 1.54) is 13.8 Å². The summed E-state index contributed by atoms with van der Waals surface area (Å²) in [5.41, 5.74) is 4.72. The molecule has 6 nitrogen and oxygen atoms in total. The second kappa shape index (κ2) is 8.26. The van der Waals surface area contributed by atoms with E-state index in [4.69, 9.17) is 4.74 Å². The fourth-order valence-electron chi connectivity index (χ4n) is 6.35. The van der Waals surface area contributed by atoms with E-state index in [1.54, 1.807) is 30.3 Å². The van der Waals surface area contributed by atoms with E-state index in [-0.39, 0.29) is 29.4 Å². The van der Waals surface area contributed by atoms with Gasteiger partial charge in [-0.2, -0.15) is 0 Å². The van der Waals surface area contributed by atoms with Gasteiger partial charge in [0, 0.05) is 17.4 Å². The Labute approximate surface area is 208 Å². The highest BCUT2D eigenvalue weighted by atomic mass is 16.5. The Morgan fingerprint density at radius 3 is 1.56 bits per heavy atom. The minimum atomic E-state index is -1.13. The van der Waals surface area contributed by atoms with E-state index in [9.17, 15) is 19.2 Å². The van der Waals surface area contributed by atoms with E-state index in [0.717, 1.165) is 27.2 Å². The van der Waals surface area contributed by atoms with E-state index in [2.05, 4.69) is 0 Å². The van der Waals surface area contributed by atoms with Crippen molar-refractivity contribution in [3.63, 3.8) is 0 Å². The van der Waals surface area contributed by atoms with E-state index in [0.29, 0.717) is 5.56 Å². The van der Waals surface area contributed by atoms with Crippen molar-refractivity contribution >= 4 is 23.6 Å². The number of likely N-dealkylation sites (tertiary alicyclic amines) is 1. The highest BCUT2D eigenvalue weighted by Gasteiger charge is 2.62. The lowest BCUT2D eigenvalue weighted by Gasteiger charge is -2.45. The normalized spacial score (nSPS) is 25.0. The van der Waals surface area contributed by atoms with Gasteiger partial charge in [0.25, 0.3) is 0 Å². The summed E-state index contributed by atoms with van der Waals surface area (Å²) >= 11 is 0. The van der Waals surface area contributed by atoms with Gasteiger partial charge in [-0.05, 0) is 36.1 Å². The third kappa shape index (κ3) is 3.10. The van der Waals surface area contributed by atoms with Crippen LogP contribution in [0.2, 0.25) is 0 Å².